The zero-order valence-corrected chi connectivity index (χ0v) is 15.9. The Labute approximate surface area is 165 Å². The fourth-order valence-corrected chi connectivity index (χ4v) is 3.11. The van der Waals surface area contributed by atoms with Crippen LogP contribution in [0.1, 0.15) is 24.1 Å². The minimum atomic E-state index is -0.426. The maximum atomic E-state index is 12.7. The lowest BCUT2D eigenvalue weighted by atomic mass is 10.1. The Morgan fingerprint density at radius 2 is 1.83 bits per heavy atom. The van der Waals surface area contributed by atoms with Gasteiger partial charge in [0.05, 0.1) is 22.8 Å². The molecule has 148 valence electrons. The highest BCUT2D eigenvalue weighted by atomic mass is 16.2. The zero-order valence-electron chi connectivity index (χ0n) is 15.9. The summed E-state index contributed by atoms with van der Waals surface area (Å²) in [6, 6.07) is 12.5. The lowest BCUT2D eigenvalue weighted by molar-refractivity contribution is -0.118. The molecule has 0 fully saturated rings. The molecule has 4 N–H and O–H groups in total. The minimum Gasteiger partial charge on any atom is -0.343 e. The van der Waals surface area contributed by atoms with Crippen molar-refractivity contribution in [3.63, 3.8) is 0 Å². The van der Waals surface area contributed by atoms with Crippen molar-refractivity contribution in [3.05, 3.63) is 64.1 Å². The second-order valence-corrected chi connectivity index (χ2v) is 6.92. The third kappa shape index (κ3) is 3.75. The number of hydrazine groups is 1. The number of aliphatic imine (C=N–C) groups is 1. The average molecular weight is 392 g/mol. The Morgan fingerprint density at radius 1 is 1.10 bits per heavy atom. The van der Waals surface area contributed by atoms with Crippen molar-refractivity contribution in [2.24, 2.45) is 4.99 Å². The predicted octanol–water partition coefficient (Wildman–Crippen LogP) is 1.29. The van der Waals surface area contributed by atoms with Gasteiger partial charge in [-0.1, -0.05) is 23.8 Å². The maximum Gasteiger partial charge on any atom is 0.323 e. The molecule has 0 aliphatic carbocycles. The molecule has 1 aliphatic heterocycles. The van der Waals surface area contributed by atoms with Crippen LogP contribution in [0.5, 0.6) is 0 Å². The summed E-state index contributed by atoms with van der Waals surface area (Å²) in [7, 11) is 0. The molecule has 9 nitrogen and oxygen atoms in total. The SMILES string of the molecule is Cc1ccc(N2NC(C(=O)N[C@H](C)c3ccc4[nH]c(=O)[nH]c4c3)=NCC2=O)cc1. The highest BCUT2D eigenvalue weighted by Crippen LogP contribution is 2.18. The summed E-state index contributed by atoms with van der Waals surface area (Å²) in [4.78, 5) is 45.7. The summed E-state index contributed by atoms with van der Waals surface area (Å²) < 4.78 is 0. The largest absolute Gasteiger partial charge is 0.343 e. The summed E-state index contributed by atoms with van der Waals surface area (Å²) in [5, 5.41) is 4.18. The third-order valence-corrected chi connectivity index (χ3v) is 4.73. The monoisotopic (exact) mass is 392 g/mol. The van der Waals surface area contributed by atoms with Crippen molar-refractivity contribution in [2.45, 2.75) is 19.9 Å². The molecule has 4 rings (SSSR count). The smallest absolute Gasteiger partial charge is 0.323 e. The number of benzene rings is 2. The Kier molecular flexibility index (Phi) is 4.63. The number of carbonyl (C=O) groups is 2. The molecular formula is C20H20N6O3. The first-order chi connectivity index (χ1) is 13.9. The quantitative estimate of drug-likeness (QED) is 0.534. The number of amidine groups is 1. The van der Waals surface area contributed by atoms with Crippen LogP contribution in [0.2, 0.25) is 0 Å². The molecule has 0 radical (unpaired) electrons. The van der Waals surface area contributed by atoms with Crippen LogP contribution in [0.15, 0.2) is 52.3 Å². The van der Waals surface area contributed by atoms with Crippen LogP contribution >= 0.6 is 0 Å². The number of hydrogen-bond donors (Lipinski definition) is 4. The summed E-state index contributed by atoms with van der Waals surface area (Å²) in [6.45, 7) is 3.67. The van der Waals surface area contributed by atoms with Gasteiger partial charge in [-0.2, -0.15) is 0 Å². The molecule has 1 aliphatic rings. The number of nitrogens with one attached hydrogen (secondary N) is 4. The number of amides is 2. The molecule has 0 saturated carbocycles. The highest BCUT2D eigenvalue weighted by molar-refractivity contribution is 6.39. The van der Waals surface area contributed by atoms with Crippen LogP contribution < -0.4 is 21.4 Å². The van der Waals surface area contributed by atoms with Gasteiger partial charge in [0.25, 0.3) is 11.8 Å². The standard InChI is InChI=1S/C20H20N6O3/c1-11-3-6-14(7-4-11)26-17(27)10-21-18(25-26)19(28)22-12(2)13-5-8-15-16(9-13)24-20(29)23-15/h3-9,12H,10H2,1-2H3,(H,21,25)(H,22,28)(H2,23,24,29)/t12-/m1/s1. The fraction of sp³-hybridized carbons (Fsp3) is 0.200. The molecular weight excluding hydrogens is 372 g/mol. The Morgan fingerprint density at radius 3 is 2.59 bits per heavy atom. The molecule has 1 aromatic heterocycles. The number of nitrogens with zero attached hydrogens (tertiary/aromatic N) is 2. The second-order valence-electron chi connectivity index (χ2n) is 6.92. The average Bonchev–Trinajstić information content (AvgIpc) is 3.08. The number of rotatable bonds is 4. The van der Waals surface area contributed by atoms with Gasteiger partial charge < -0.3 is 15.3 Å². The lowest BCUT2D eigenvalue weighted by Gasteiger charge is -2.28. The fourth-order valence-electron chi connectivity index (χ4n) is 3.11. The van der Waals surface area contributed by atoms with Crippen LogP contribution in [-0.4, -0.2) is 34.2 Å². The summed E-state index contributed by atoms with van der Waals surface area (Å²) >= 11 is 0. The number of hydrogen-bond acceptors (Lipinski definition) is 5. The maximum absolute atomic E-state index is 12.7. The van der Waals surface area contributed by atoms with E-state index in [1.807, 2.05) is 32.0 Å². The van der Waals surface area contributed by atoms with E-state index in [4.69, 9.17) is 0 Å². The van der Waals surface area contributed by atoms with Crippen LogP contribution in [0.3, 0.4) is 0 Å². The molecule has 2 amide bonds. The van der Waals surface area contributed by atoms with Crippen LogP contribution in [0.25, 0.3) is 11.0 Å². The van der Waals surface area contributed by atoms with Crippen molar-refractivity contribution in [2.75, 3.05) is 11.6 Å². The first-order valence-corrected chi connectivity index (χ1v) is 9.14. The Balaban J connectivity index is 1.48. The Hall–Kier alpha value is -3.88. The van der Waals surface area contributed by atoms with E-state index in [-0.39, 0.29) is 30.0 Å². The molecule has 0 spiro atoms. The van der Waals surface area contributed by atoms with E-state index in [1.54, 1.807) is 24.3 Å². The molecule has 0 saturated heterocycles. The minimum absolute atomic E-state index is 0.0631. The third-order valence-electron chi connectivity index (χ3n) is 4.73. The van der Waals surface area contributed by atoms with Gasteiger partial charge in [-0.15, -0.1) is 0 Å². The van der Waals surface area contributed by atoms with Gasteiger partial charge in [-0.3, -0.25) is 20.0 Å². The summed E-state index contributed by atoms with van der Waals surface area (Å²) in [5.41, 5.74) is 6.40. The van der Waals surface area contributed by atoms with Crippen molar-refractivity contribution < 1.29 is 9.59 Å². The molecule has 9 heteroatoms. The Bertz CT molecular complexity index is 1170. The summed E-state index contributed by atoms with van der Waals surface area (Å²) in [5.74, 6) is -0.613. The lowest BCUT2D eigenvalue weighted by Crippen LogP contribution is -2.56. The van der Waals surface area contributed by atoms with Crippen LogP contribution in [-0.2, 0) is 9.59 Å². The zero-order chi connectivity index (χ0) is 20.5. The van der Waals surface area contributed by atoms with Gasteiger partial charge in [0.2, 0.25) is 5.84 Å². The molecule has 0 unspecified atom stereocenters. The van der Waals surface area contributed by atoms with Gasteiger partial charge in [-0.05, 0) is 43.7 Å². The predicted molar refractivity (Wildman–Crippen MR) is 110 cm³/mol. The molecule has 0 bridgehead atoms. The number of carbonyl (C=O) groups excluding carboxylic acids is 2. The van der Waals surface area contributed by atoms with E-state index in [9.17, 15) is 14.4 Å². The number of fused-ring (bicyclic) bond motifs is 1. The number of anilines is 1. The van der Waals surface area contributed by atoms with E-state index in [1.165, 1.54) is 5.01 Å². The first kappa shape index (κ1) is 18.5. The van der Waals surface area contributed by atoms with E-state index >= 15 is 0 Å². The van der Waals surface area contributed by atoms with Crippen LogP contribution in [0.4, 0.5) is 5.69 Å². The molecule has 1 atom stereocenters. The molecule has 2 heterocycles. The van der Waals surface area contributed by atoms with Crippen molar-refractivity contribution >= 4 is 34.4 Å². The highest BCUT2D eigenvalue weighted by Gasteiger charge is 2.26. The van der Waals surface area contributed by atoms with Crippen molar-refractivity contribution in [3.8, 4) is 0 Å². The van der Waals surface area contributed by atoms with Gasteiger partial charge in [0.1, 0.15) is 6.54 Å². The number of aryl methyl sites for hydroxylation is 1. The van der Waals surface area contributed by atoms with E-state index in [2.05, 4.69) is 25.7 Å². The van der Waals surface area contributed by atoms with Gasteiger partial charge in [0.15, 0.2) is 0 Å². The van der Waals surface area contributed by atoms with Gasteiger partial charge in [0, 0.05) is 0 Å². The first-order valence-electron chi connectivity index (χ1n) is 9.14. The van der Waals surface area contributed by atoms with E-state index < -0.39 is 5.91 Å². The summed E-state index contributed by atoms with van der Waals surface area (Å²) in [6.07, 6.45) is 0. The molecule has 29 heavy (non-hydrogen) atoms. The number of aromatic amines is 2. The van der Waals surface area contributed by atoms with Gasteiger partial charge in [-0.25, -0.2) is 9.80 Å². The normalized spacial score (nSPS) is 15.0. The van der Waals surface area contributed by atoms with E-state index in [0.29, 0.717) is 16.7 Å². The van der Waals surface area contributed by atoms with Gasteiger partial charge >= 0.3 is 5.69 Å². The molecule has 3 aromatic rings. The van der Waals surface area contributed by atoms with Crippen molar-refractivity contribution in [1.29, 1.82) is 0 Å². The number of H-pyrrole nitrogens is 2. The number of imidazole rings is 1. The molecule has 2 aromatic carbocycles. The van der Waals surface area contributed by atoms with Crippen molar-refractivity contribution in [1.82, 2.24) is 20.7 Å². The van der Waals surface area contributed by atoms with E-state index in [0.717, 1.165) is 11.1 Å². The van der Waals surface area contributed by atoms with Crippen LogP contribution in [0, 0.1) is 6.92 Å². The topological polar surface area (TPSA) is 122 Å². The second kappa shape index (κ2) is 7.27. The number of aromatic nitrogens is 2.